The van der Waals surface area contributed by atoms with Gasteiger partial charge < -0.3 is 0 Å². The highest BCUT2D eigenvalue weighted by atomic mass is 14.9. The van der Waals surface area contributed by atoms with E-state index in [2.05, 4.69) is 258 Å². The standard InChI is InChI=1S/C38H44.C35H34N2.C3H8/c1-8-19-33(27(6)10-3)31(11-4)34-26-35-32(12-5)36(20-9-2)38(37(35)25-28(34)7,29-21-15-13-16-22-29)30-23-17-14-18-24-30;1-24(2)36-35(31-18-11-17-30(22-31)27-13-6-5-7-14-27)37-26(4)29-20-21-33(32-19-9-8-12-25(32)3)34(23-29)28-15-10-16-28;1-3-2/h8-9,11,13,15-17,19-27H,1,10,12,14,18H2,2-7H3;5-9,11-14,17-23,28H,1,10,15-16H2,2-4H3;3H2,1-2H3/b20-9-,31-11+,33-19-;;. The van der Waals surface area contributed by atoms with E-state index in [1.807, 2.05) is 19.1 Å². The molecule has 1 saturated carbocycles. The van der Waals surface area contributed by atoms with Crippen LogP contribution in [0.5, 0.6) is 0 Å². The van der Waals surface area contributed by atoms with E-state index in [1.54, 1.807) is 0 Å². The molecule has 400 valence electrons. The van der Waals surface area contributed by atoms with Crippen molar-refractivity contribution in [1.82, 2.24) is 0 Å². The van der Waals surface area contributed by atoms with Crippen molar-refractivity contribution in [3.05, 3.63) is 274 Å². The molecule has 2 atom stereocenters. The van der Waals surface area contributed by atoms with Crippen LogP contribution in [0.25, 0.3) is 33.4 Å². The minimum Gasteiger partial charge on any atom is -0.234 e. The zero-order chi connectivity index (χ0) is 55.8. The summed E-state index contributed by atoms with van der Waals surface area (Å²) in [7, 11) is 0. The van der Waals surface area contributed by atoms with Gasteiger partial charge in [0.15, 0.2) is 5.84 Å². The van der Waals surface area contributed by atoms with Crippen LogP contribution in [0, 0.1) is 19.8 Å². The average molecular weight is 1030 g/mol. The van der Waals surface area contributed by atoms with Gasteiger partial charge in [-0.05, 0) is 205 Å². The molecule has 9 rings (SSSR count). The number of benzene rings is 6. The Morgan fingerprint density at radius 3 is 2.01 bits per heavy atom. The summed E-state index contributed by atoms with van der Waals surface area (Å²) in [6.07, 6.45) is 27.6. The van der Waals surface area contributed by atoms with Crippen LogP contribution in [-0.4, -0.2) is 11.5 Å². The topological polar surface area (TPSA) is 24.7 Å². The van der Waals surface area contributed by atoms with Crippen LogP contribution < -0.4 is 0 Å². The maximum Gasteiger partial charge on any atom is 0.159 e. The molecule has 2 heteroatoms. The molecule has 6 aromatic carbocycles. The molecule has 0 aliphatic heterocycles. The quantitative estimate of drug-likeness (QED) is 0.0556. The van der Waals surface area contributed by atoms with Gasteiger partial charge in [0, 0.05) is 17.0 Å². The minimum atomic E-state index is -0.304. The summed E-state index contributed by atoms with van der Waals surface area (Å²) in [6, 6.07) is 50.6. The Hall–Kier alpha value is -7.42. The molecular weight excluding hydrogens is 941 g/mol. The van der Waals surface area contributed by atoms with E-state index >= 15 is 0 Å². The number of allylic oxidation sites excluding steroid dienone is 14. The van der Waals surface area contributed by atoms with Gasteiger partial charge in [0.1, 0.15) is 0 Å². The lowest BCUT2D eigenvalue weighted by Crippen LogP contribution is -2.30. The zero-order valence-corrected chi connectivity index (χ0v) is 49.0. The van der Waals surface area contributed by atoms with Crippen LogP contribution in [-0.2, 0) is 5.41 Å². The first-order valence-corrected chi connectivity index (χ1v) is 29.0. The Balaban J connectivity index is 0.000000215. The number of aliphatic imine (C=N–C) groups is 2. The van der Waals surface area contributed by atoms with Crippen molar-refractivity contribution >= 4 is 22.7 Å². The van der Waals surface area contributed by atoms with Crippen molar-refractivity contribution in [2.75, 3.05) is 0 Å². The number of hydrogen-bond acceptors (Lipinski definition) is 1. The highest BCUT2D eigenvalue weighted by molar-refractivity contribution is 6.12. The van der Waals surface area contributed by atoms with Gasteiger partial charge >= 0.3 is 0 Å². The van der Waals surface area contributed by atoms with Crippen molar-refractivity contribution in [2.45, 2.75) is 139 Å². The van der Waals surface area contributed by atoms with Gasteiger partial charge in [-0.25, -0.2) is 9.98 Å². The first-order valence-electron chi connectivity index (χ1n) is 29.0. The second kappa shape index (κ2) is 27.8. The Morgan fingerprint density at radius 2 is 1.41 bits per heavy atom. The number of fused-ring (bicyclic) bond motifs is 1. The summed E-state index contributed by atoms with van der Waals surface area (Å²) in [5.41, 5.74) is 25.1. The van der Waals surface area contributed by atoms with E-state index in [1.165, 1.54) is 109 Å². The van der Waals surface area contributed by atoms with Gasteiger partial charge in [-0.2, -0.15) is 0 Å². The molecule has 0 N–H and O–H groups in total. The fourth-order valence-electron chi connectivity index (χ4n) is 11.6. The van der Waals surface area contributed by atoms with Crippen LogP contribution >= 0.6 is 0 Å². The molecule has 0 amide bonds. The van der Waals surface area contributed by atoms with Crippen LogP contribution in [0.15, 0.2) is 234 Å². The molecule has 0 aromatic heterocycles. The van der Waals surface area contributed by atoms with Crippen LogP contribution in [0.2, 0.25) is 0 Å². The van der Waals surface area contributed by atoms with E-state index in [0.29, 0.717) is 17.7 Å². The number of rotatable bonds is 15. The molecule has 0 spiro atoms. The van der Waals surface area contributed by atoms with Crippen molar-refractivity contribution in [3.8, 4) is 22.3 Å². The van der Waals surface area contributed by atoms with E-state index in [9.17, 15) is 0 Å². The Morgan fingerprint density at radius 1 is 0.718 bits per heavy atom. The molecule has 2 nitrogen and oxygen atoms in total. The third kappa shape index (κ3) is 12.8. The van der Waals surface area contributed by atoms with Crippen LogP contribution in [0.3, 0.4) is 0 Å². The molecule has 3 aliphatic carbocycles. The summed E-state index contributed by atoms with van der Waals surface area (Å²) in [5.74, 6) is 1.77. The number of nitrogens with zero attached hydrogens (tertiary/aromatic N) is 2. The molecule has 0 bridgehead atoms. The summed E-state index contributed by atoms with van der Waals surface area (Å²) in [4.78, 5) is 9.81. The fraction of sp³-hybridized carbons (Fsp3) is 0.289. The molecule has 0 radical (unpaired) electrons. The van der Waals surface area contributed by atoms with Crippen molar-refractivity contribution in [1.29, 1.82) is 0 Å². The largest absolute Gasteiger partial charge is 0.234 e. The average Bonchev–Trinajstić information content (AvgIpc) is 3.94. The second-order valence-corrected chi connectivity index (χ2v) is 21.3. The predicted octanol–water partition coefficient (Wildman–Crippen LogP) is 21.7. The molecule has 6 aromatic rings. The highest BCUT2D eigenvalue weighted by Crippen LogP contribution is 2.58. The Labute approximate surface area is 471 Å². The lowest BCUT2D eigenvalue weighted by molar-refractivity contribution is 0.420. The van der Waals surface area contributed by atoms with E-state index in [4.69, 9.17) is 9.98 Å². The summed E-state index contributed by atoms with van der Waals surface area (Å²) in [6.45, 7) is 32.0. The van der Waals surface area contributed by atoms with E-state index < -0.39 is 0 Å². The first-order chi connectivity index (χ1) is 37.9. The van der Waals surface area contributed by atoms with Crippen molar-refractivity contribution in [3.63, 3.8) is 0 Å². The molecule has 1 fully saturated rings. The van der Waals surface area contributed by atoms with E-state index in [0.717, 1.165) is 53.8 Å². The van der Waals surface area contributed by atoms with Gasteiger partial charge in [-0.15, -0.1) is 0 Å². The van der Waals surface area contributed by atoms with Gasteiger partial charge in [0.05, 0.1) is 5.41 Å². The third-order valence-corrected chi connectivity index (χ3v) is 15.7. The van der Waals surface area contributed by atoms with Gasteiger partial charge in [-0.3, -0.25) is 0 Å². The number of hydrogen-bond donors (Lipinski definition) is 0. The molecule has 2 unspecified atom stereocenters. The predicted molar refractivity (Wildman–Crippen MR) is 343 cm³/mol. The minimum absolute atomic E-state index is 0.304. The number of aryl methyl sites for hydroxylation is 2. The zero-order valence-electron chi connectivity index (χ0n) is 49.0. The van der Waals surface area contributed by atoms with E-state index in [-0.39, 0.29) is 5.41 Å². The third-order valence-electron chi connectivity index (χ3n) is 15.7. The molecule has 0 saturated heterocycles. The monoisotopic (exact) mass is 1030 g/mol. The van der Waals surface area contributed by atoms with Gasteiger partial charge in [0.2, 0.25) is 0 Å². The smallest absolute Gasteiger partial charge is 0.159 e. The second-order valence-electron chi connectivity index (χ2n) is 21.3. The van der Waals surface area contributed by atoms with Crippen LogP contribution in [0.1, 0.15) is 170 Å². The van der Waals surface area contributed by atoms with Crippen LogP contribution in [0.4, 0.5) is 0 Å². The Bertz CT molecular complexity index is 3320. The molecular formula is C76H86N2. The molecule has 3 aliphatic rings. The normalized spacial score (nSPS) is 17.1. The lowest BCUT2D eigenvalue weighted by atomic mass is 9.65. The number of amidine groups is 1. The highest BCUT2D eigenvalue weighted by Gasteiger charge is 2.47. The summed E-state index contributed by atoms with van der Waals surface area (Å²) in [5, 5.41) is 0. The maximum absolute atomic E-state index is 5.06. The fourth-order valence-corrected chi connectivity index (χ4v) is 11.6. The van der Waals surface area contributed by atoms with Crippen molar-refractivity contribution in [2.24, 2.45) is 15.9 Å². The maximum atomic E-state index is 5.06. The molecule has 78 heavy (non-hydrogen) atoms. The van der Waals surface area contributed by atoms with Crippen molar-refractivity contribution < 1.29 is 0 Å². The molecule has 0 heterocycles. The Kier molecular flexibility index (Phi) is 20.7. The SMILES string of the molecule is C=C(C)N=C(N=C(C)c1ccc(-c2ccccc2C)c(C2CCC2)c1)c1cccc(-c2ccccc2)c1.C=C/C=C(\C(=C/C)c1cc2c(cc1C)C(C1=CCCC=C1)(c1ccccc1)C(/C=C\C)=C2CC)C(C)CC.CCC. The summed E-state index contributed by atoms with van der Waals surface area (Å²) < 4.78 is 0. The first kappa shape index (κ1) is 58.3. The van der Waals surface area contributed by atoms with Gasteiger partial charge in [0.25, 0.3) is 0 Å². The van der Waals surface area contributed by atoms with Gasteiger partial charge in [-0.1, -0.05) is 231 Å². The summed E-state index contributed by atoms with van der Waals surface area (Å²) >= 11 is 0. The lowest BCUT2D eigenvalue weighted by Gasteiger charge is -2.37.